The molecule has 0 unspecified atom stereocenters. The molecule has 0 fully saturated rings. The minimum Gasteiger partial charge on any atom is -0.493 e. The molecule has 0 aliphatic heterocycles. The minimum absolute atomic E-state index is 0.269. The lowest BCUT2D eigenvalue weighted by Gasteiger charge is -2.13. The number of hydrogen-bond donors (Lipinski definition) is 0. The molecule has 1 heterocycles. The second-order valence-corrected chi connectivity index (χ2v) is 9.00. The smallest absolute Gasteiger partial charge is 0.341 e. The Morgan fingerprint density at radius 2 is 2.07 bits per heavy atom. The van der Waals surface area contributed by atoms with Crippen LogP contribution in [0, 0.1) is 3.57 Å². The number of carbonyl (C=O) groups excluding carboxylic acids is 1. The number of ether oxygens (including phenoxy) is 3. The molecule has 0 radical (unpaired) electrons. The molecule has 0 spiro atoms. The Morgan fingerprint density at radius 1 is 1.28 bits per heavy atom. The predicted molar refractivity (Wildman–Crippen MR) is 126 cm³/mol. The number of methoxy groups -OCH3 is 1. The van der Waals surface area contributed by atoms with Gasteiger partial charge in [-0.3, -0.25) is 0 Å². The summed E-state index contributed by atoms with van der Waals surface area (Å²) in [4.78, 5) is 18.5. The molecule has 1 aromatic carbocycles. The summed E-state index contributed by atoms with van der Waals surface area (Å²) in [6.45, 7) is 4.91. The summed E-state index contributed by atoms with van der Waals surface area (Å²) >= 11 is 3.86. The predicted octanol–water partition coefficient (Wildman–Crippen LogP) is 5.96. The average molecular weight is 527 g/mol. The lowest BCUT2D eigenvalue weighted by molar-refractivity contribution is 0.0526. The third kappa shape index (κ3) is 5.12. The van der Waals surface area contributed by atoms with Gasteiger partial charge in [0.25, 0.3) is 0 Å². The number of thiophene rings is 1. The molecule has 3 rings (SSSR count). The van der Waals surface area contributed by atoms with E-state index < -0.39 is 0 Å². The van der Waals surface area contributed by atoms with E-state index in [1.807, 2.05) is 19.1 Å². The number of carbonyl (C=O) groups is 1. The number of aryl methyl sites for hydroxylation is 1. The molecule has 156 valence electrons. The van der Waals surface area contributed by atoms with E-state index in [9.17, 15) is 4.79 Å². The first-order chi connectivity index (χ1) is 14.1. The first kappa shape index (κ1) is 22.1. The van der Waals surface area contributed by atoms with Gasteiger partial charge in [-0.1, -0.05) is 6.92 Å². The Bertz CT molecular complexity index is 907. The molecular formula is C22H26INO4S. The number of benzene rings is 1. The van der Waals surface area contributed by atoms with Crippen LogP contribution in [0.4, 0.5) is 5.00 Å². The van der Waals surface area contributed by atoms with E-state index >= 15 is 0 Å². The van der Waals surface area contributed by atoms with Crippen LogP contribution in [-0.2, 0) is 17.6 Å². The maximum Gasteiger partial charge on any atom is 0.341 e. The van der Waals surface area contributed by atoms with E-state index in [-0.39, 0.29) is 5.97 Å². The van der Waals surface area contributed by atoms with E-state index in [2.05, 4.69) is 34.5 Å². The number of esters is 1. The Labute approximate surface area is 189 Å². The maximum absolute atomic E-state index is 12.6. The van der Waals surface area contributed by atoms with Crippen LogP contribution in [0.1, 0.15) is 59.5 Å². The van der Waals surface area contributed by atoms with Crippen molar-refractivity contribution in [1.82, 2.24) is 0 Å². The zero-order valence-electron chi connectivity index (χ0n) is 17.0. The van der Waals surface area contributed by atoms with Gasteiger partial charge in [-0.15, -0.1) is 11.3 Å². The van der Waals surface area contributed by atoms with Gasteiger partial charge in [-0.2, -0.15) is 0 Å². The fourth-order valence-corrected chi connectivity index (χ4v) is 5.35. The Hall–Kier alpha value is -1.61. The van der Waals surface area contributed by atoms with Crippen molar-refractivity contribution in [3.8, 4) is 11.5 Å². The molecule has 2 aromatic rings. The van der Waals surface area contributed by atoms with Crippen LogP contribution < -0.4 is 9.47 Å². The summed E-state index contributed by atoms with van der Waals surface area (Å²) < 4.78 is 17.6. The Morgan fingerprint density at radius 3 is 2.79 bits per heavy atom. The lowest BCUT2D eigenvalue weighted by Crippen LogP contribution is -2.09. The van der Waals surface area contributed by atoms with Gasteiger partial charge in [0.15, 0.2) is 11.5 Å². The topological polar surface area (TPSA) is 57.1 Å². The molecular weight excluding hydrogens is 501 g/mol. The zero-order chi connectivity index (χ0) is 20.8. The summed E-state index contributed by atoms with van der Waals surface area (Å²) in [7, 11) is 1.64. The standard InChI is InChI=1S/C22H26INO4S/c1-4-10-28-20-16(23)11-14(12-17(20)26-3)13-24-21-19(22(25)27-5-2)15-8-6-7-9-18(15)29-21/h11-13H,4-10H2,1-3H3. The molecule has 5 nitrogen and oxygen atoms in total. The molecule has 0 bridgehead atoms. The summed E-state index contributed by atoms with van der Waals surface area (Å²) in [5.74, 6) is 1.17. The maximum atomic E-state index is 12.6. The van der Waals surface area contributed by atoms with Gasteiger partial charge in [0.2, 0.25) is 0 Å². The Balaban J connectivity index is 1.94. The van der Waals surface area contributed by atoms with Crippen LogP contribution in [0.3, 0.4) is 0 Å². The highest BCUT2D eigenvalue weighted by Crippen LogP contribution is 2.40. The molecule has 0 atom stereocenters. The molecule has 29 heavy (non-hydrogen) atoms. The summed E-state index contributed by atoms with van der Waals surface area (Å²) in [5.41, 5.74) is 2.67. The van der Waals surface area contributed by atoms with Crippen LogP contribution in [0.15, 0.2) is 17.1 Å². The number of nitrogens with zero attached hydrogens (tertiary/aromatic N) is 1. The SMILES string of the molecule is CCCOc1c(I)cc(C=Nc2sc3c(c2C(=O)OCC)CCCC3)cc1OC. The highest BCUT2D eigenvalue weighted by atomic mass is 127. The number of hydrogen-bond acceptors (Lipinski definition) is 6. The fraction of sp³-hybridized carbons (Fsp3) is 0.455. The monoisotopic (exact) mass is 527 g/mol. The largest absolute Gasteiger partial charge is 0.493 e. The van der Waals surface area contributed by atoms with Crippen molar-refractivity contribution in [2.24, 2.45) is 4.99 Å². The van der Waals surface area contributed by atoms with Crippen molar-refractivity contribution >= 4 is 51.1 Å². The molecule has 0 saturated heterocycles. The second kappa shape index (κ2) is 10.4. The summed E-state index contributed by atoms with van der Waals surface area (Å²) in [6, 6.07) is 3.92. The van der Waals surface area contributed by atoms with Crippen LogP contribution in [0.2, 0.25) is 0 Å². The number of halogens is 1. The quantitative estimate of drug-likeness (QED) is 0.242. The van der Waals surface area contributed by atoms with Gasteiger partial charge in [-0.25, -0.2) is 9.79 Å². The Kier molecular flexibility index (Phi) is 7.94. The van der Waals surface area contributed by atoms with E-state index in [0.29, 0.717) is 24.5 Å². The van der Waals surface area contributed by atoms with Crippen molar-refractivity contribution < 1.29 is 19.0 Å². The van der Waals surface area contributed by atoms with Gasteiger partial charge >= 0.3 is 5.97 Å². The number of fused-ring (bicyclic) bond motifs is 1. The van der Waals surface area contributed by atoms with Gasteiger partial charge < -0.3 is 14.2 Å². The molecule has 1 aliphatic carbocycles. The highest BCUT2D eigenvalue weighted by molar-refractivity contribution is 14.1. The third-order valence-corrected chi connectivity index (χ3v) is 6.67. The summed E-state index contributed by atoms with van der Waals surface area (Å²) in [6.07, 6.45) is 6.92. The first-order valence-corrected chi connectivity index (χ1v) is 11.8. The lowest BCUT2D eigenvalue weighted by atomic mass is 9.95. The molecule has 0 N–H and O–H groups in total. The highest BCUT2D eigenvalue weighted by Gasteiger charge is 2.26. The van der Waals surface area contributed by atoms with E-state index in [0.717, 1.165) is 57.6 Å². The number of aliphatic imine (C=N–C) groups is 1. The van der Waals surface area contributed by atoms with Gasteiger partial charge in [0.1, 0.15) is 5.00 Å². The van der Waals surface area contributed by atoms with Gasteiger partial charge in [0, 0.05) is 11.1 Å². The molecule has 0 amide bonds. The van der Waals surface area contributed by atoms with Gasteiger partial charge in [-0.05, 0) is 84.9 Å². The average Bonchev–Trinajstić information content (AvgIpc) is 3.09. The van der Waals surface area contributed by atoms with E-state index in [1.165, 1.54) is 4.88 Å². The van der Waals surface area contributed by atoms with Crippen molar-refractivity contribution in [2.75, 3.05) is 20.3 Å². The van der Waals surface area contributed by atoms with Crippen molar-refractivity contribution in [1.29, 1.82) is 0 Å². The normalized spacial score (nSPS) is 13.4. The van der Waals surface area contributed by atoms with Crippen LogP contribution in [-0.4, -0.2) is 32.5 Å². The van der Waals surface area contributed by atoms with Crippen molar-refractivity contribution in [3.05, 3.63) is 37.3 Å². The van der Waals surface area contributed by atoms with Gasteiger partial charge in [0.05, 0.1) is 29.5 Å². The zero-order valence-corrected chi connectivity index (χ0v) is 20.0. The van der Waals surface area contributed by atoms with Crippen LogP contribution in [0.25, 0.3) is 0 Å². The first-order valence-electron chi connectivity index (χ1n) is 9.95. The fourth-order valence-electron chi connectivity index (χ4n) is 3.35. The van der Waals surface area contributed by atoms with E-state index in [1.54, 1.807) is 24.7 Å². The van der Waals surface area contributed by atoms with Crippen LogP contribution in [0.5, 0.6) is 11.5 Å². The number of rotatable bonds is 8. The summed E-state index contributed by atoms with van der Waals surface area (Å²) in [5, 5.41) is 0.732. The van der Waals surface area contributed by atoms with Crippen LogP contribution >= 0.6 is 33.9 Å². The molecule has 1 aromatic heterocycles. The van der Waals surface area contributed by atoms with Crippen molar-refractivity contribution in [3.63, 3.8) is 0 Å². The molecule has 1 aliphatic rings. The second-order valence-electron chi connectivity index (χ2n) is 6.75. The molecule has 0 saturated carbocycles. The van der Waals surface area contributed by atoms with Crippen molar-refractivity contribution in [2.45, 2.75) is 46.0 Å². The third-order valence-electron chi connectivity index (χ3n) is 4.67. The van der Waals surface area contributed by atoms with E-state index in [4.69, 9.17) is 14.2 Å². The molecule has 7 heteroatoms. The minimum atomic E-state index is -0.269.